The summed E-state index contributed by atoms with van der Waals surface area (Å²) in [5.41, 5.74) is -0.743. The zero-order valence-corrected chi connectivity index (χ0v) is 18.5. The van der Waals surface area contributed by atoms with Gasteiger partial charge >= 0.3 is 12.3 Å². The number of hydrogen-bond acceptors (Lipinski definition) is 3. The molecular weight excluding hydrogens is 409 g/mol. The van der Waals surface area contributed by atoms with Gasteiger partial charge in [0.05, 0.1) is 18.2 Å². The maximum absolute atomic E-state index is 13.7. The van der Waals surface area contributed by atoms with Gasteiger partial charge in [0.2, 0.25) is 0 Å². The highest BCUT2D eigenvalue weighted by Gasteiger charge is 2.45. The molecule has 2 unspecified atom stereocenters. The lowest BCUT2D eigenvalue weighted by Gasteiger charge is -2.51. The lowest BCUT2D eigenvalue weighted by molar-refractivity contribution is -0.138. The lowest BCUT2D eigenvalue weighted by atomic mass is 9.76. The summed E-state index contributed by atoms with van der Waals surface area (Å²) in [5.74, 6) is 0.235. The topological polar surface area (TPSA) is 53.0 Å². The van der Waals surface area contributed by atoms with E-state index in [1.54, 1.807) is 6.07 Å². The molecule has 2 aliphatic rings. The van der Waals surface area contributed by atoms with Gasteiger partial charge in [-0.25, -0.2) is 4.79 Å². The molecule has 0 radical (unpaired) electrons. The first kappa shape index (κ1) is 23.9. The van der Waals surface area contributed by atoms with Crippen LogP contribution in [-0.2, 0) is 17.5 Å². The third kappa shape index (κ3) is 5.71. The second kappa shape index (κ2) is 9.36. The number of carboxylic acid groups (broad SMARTS) is 1. The Morgan fingerprint density at radius 1 is 1.23 bits per heavy atom. The number of rotatable bonds is 5. The van der Waals surface area contributed by atoms with Crippen LogP contribution in [-0.4, -0.2) is 59.4 Å². The van der Waals surface area contributed by atoms with Crippen molar-refractivity contribution in [1.29, 1.82) is 0 Å². The van der Waals surface area contributed by atoms with Crippen LogP contribution in [0.4, 0.5) is 18.0 Å². The third-order valence-electron chi connectivity index (χ3n) is 6.41. The number of amides is 1. The second-order valence-electron chi connectivity index (χ2n) is 9.81. The van der Waals surface area contributed by atoms with Crippen LogP contribution >= 0.6 is 0 Å². The Labute approximate surface area is 182 Å². The molecule has 1 aromatic carbocycles. The highest BCUT2D eigenvalue weighted by Crippen LogP contribution is 2.38. The number of halogens is 3. The van der Waals surface area contributed by atoms with Gasteiger partial charge in [0, 0.05) is 32.3 Å². The molecular formula is C23H33F3N2O3. The molecule has 2 fully saturated rings. The minimum atomic E-state index is -4.43. The number of nitrogens with zero attached hydrogens (tertiary/aromatic N) is 2. The van der Waals surface area contributed by atoms with E-state index in [0.29, 0.717) is 32.7 Å². The number of piperidine rings is 1. The molecule has 0 aliphatic carbocycles. The predicted molar refractivity (Wildman–Crippen MR) is 112 cm³/mol. The fourth-order valence-electron chi connectivity index (χ4n) is 5.15. The van der Waals surface area contributed by atoms with Crippen molar-refractivity contribution in [2.75, 3.05) is 26.3 Å². The summed E-state index contributed by atoms with van der Waals surface area (Å²) in [6.07, 6.45) is -3.07. The molecule has 2 saturated heterocycles. The quantitative estimate of drug-likeness (QED) is 0.689. The zero-order chi connectivity index (χ0) is 22.8. The van der Waals surface area contributed by atoms with Gasteiger partial charge in [0.1, 0.15) is 0 Å². The molecule has 2 heterocycles. The van der Waals surface area contributed by atoms with E-state index in [1.165, 1.54) is 17.0 Å². The van der Waals surface area contributed by atoms with Gasteiger partial charge in [0.15, 0.2) is 0 Å². The van der Waals surface area contributed by atoms with Crippen molar-refractivity contribution in [3.63, 3.8) is 0 Å². The Hall–Kier alpha value is -1.80. The first-order valence-corrected chi connectivity index (χ1v) is 10.9. The first-order valence-electron chi connectivity index (χ1n) is 10.9. The maximum Gasteiger partial charge on any atom is 0.416 e. The number of alkyl halides is 3. The summed E-state index contributed by atoms with van der Waals surface area (Å²) < 4.78 is 46.5. The average Bonchev–Trinajstić information content (AvgIpc) is 3.19. The molecule has 1 N–H and O–H groups in total. The summed E-state index contributed by atoms with van der Waals surface area (Å²) in [6.45, 7) is 8.45. The van der Waals surface area contributed by atoms with Gasteiger partial charge in [-0.05, 0) is 42.2 Å². The molecule has 31 heavy (non-hydrogen) atoms. The zero-order valence-electron chi connectivity index (χ0n) is 18.5. The van der Waals surface area contributed by atoms with Crippen LogP contribution in [0.5, 0.6) is 0 Å². The Morgan fingerprint density at radius 3 is 2.52 bits per heavy atom. The van der Waals surface area contributed by atoms with Crippen LogP contribution in [0.3, 0.4) is 0 Å². The van der Waals surface area contributed by atoms with Gasteiger partial charge in [-0.3, -0.25) is 4.90 Å². The van der Waals surface area contributed by atoms with E-state index < -0.39 is 17.8 Å². The van der Waals surface area contributed by atoms with Crippen molar-refractivity contribution in [1.82, 2.24) is 9.80 Å². The minimum absolute atomic E-state index is 0.136. The molecule has 0 spiro atoms. The molecule has 3 atom stereocenters. The Bertz CT molecular complexity index is 757. The first-order chi connectivity index (χ1) is 14.5. The van der Waals surface area contributed by atoms with E-state index in [9.17, 15) is 23.1 Å². The van der Waals surface area contributed by atoms with E-state index in [0.717, 1.165) is 18.9 Å². The van der Waals surface area contributed by atoms with Crippen LogP contribution in [0.1, 0.15) is 51.2 Å². The number of likely N-dealkylation sites (tertiary alicyclic amines) is 1. The molecule has 3 rings (SSSR count). The molecule has 0 aromatic heterocycles. The molecule has 1 aromatic rings. The number of carbonyl (C=O) groups is 1. The van der Waals surface area contributed by atoms with E-state index in [2.05, 4.69) is 4.90 Å². The van der Waals surface area contributed by atoms with E-state index >= 15 is 0 Å². The fourth-order valence-corrected chi connectivity index (χ4v) is 5.15. The van der Waals surface area contributed by atoms with Gasteiger partial charge in [-0.15, -0.1) is 0 Å². The summed E-state index contributed by atoms with van der Waals surface area (Å²) in [4.78, 5) is 15.6. The van der Waals surface area contributed by atoms with Crippen LogP contribution in [0, 0.1) is 11.3 Å². The minimum Gasteiger partial charge on any atom is -0.465 e. The molecule has 5 nitrogen and oxygen atoms in total. The average molecular weight is 443 g/mol. The highest BCUT2D eigenvalue weighted by atomic mass is 19.4. The SMILES string of the molecule is CC(C)(C)C1[C@@H](N(Cc2ccccc2C(F)(F)F)CC2CCOC2)CCCN1C(=O)O. The number of ether oxygens (including phenoxy) is 1. The summed E-state index contributed by atoms with van der Waals surface area (Å²) in [7, 11) is 0. The van der Waals surface area contributed by atoms with Crippen molar-refractivity contribution >= 4 is 6.09 Å². The standard InChI is InChI=1S/C23H33F3N2O3/c1-22(2,3)20-19(9-6-11-28(20)21(29)30)27(13-16-10-12-31-15-16)14-17-7-4-5-8-18(17)23(24,25)26/h4-5,7-8,16,19-20H,6,9-15H2,1-3H3,(H,29,30)/t16?,19-,20?/m0/s1. The smallest absolute Gasteiger partial charge is 0.416 e. The Balaban J connectivity index is 1.97. The third-order valence-corrected chi connectivity index (χ3v) is 6.41. The van der Waals surface area contributed by atoms with Crippen LogP contribution < -0.4 is 0 Å². The monoisotopic (exact) mass is 442 g/mol. The summed E-state index contributed by atoms with van der Waals surface area (Å²) in [5, 5.41) is 9.83. The Morgan fingerprint density at radius 2 is 1.94 bits per heavy atom. The highest BCUT2D eigenvalue weighted by molar-refractivity contribution is 5.66. The van der Waals surface area contributed by atoms with E-state index in [4.69, 9.17) is 4.74 Å². The number of benzene rings is 1. The van der Waals surface area contributed by atoms with Crippen molar-refractivity contribution in [3.05, 3.63) is 35.4 Å². The molecule has 174 valence electrons. The normalized spacial score (nSPS) is 25.3. The van der Waals surface area contributed by atoms with Crippen LogP contribution in [0.2, 0.25) is 0 Å². The van der Waals surface area contributed by atoms with Crippen molar-refractivity contribution < 1.29 is 27.8 Å². The van der Waals surface area contributed by atoms with Crippen molar-refractivity contribution in [2.24, 2.45) is 11.3 Å². The van der Waals surface area contributed by atoms with Gasteiger partial charge in [-0.1, -0.05) is 39.0 Å². The summed E-state index contributed by atoms with van der Waals surface area (Å²) in [6, 6.07) is 5.23. The molecule has 1 amide bonds. The predicted octanol–water partition coefficient (Wildman–Crippen LogP) is 5.10. The van der Waals surface area contributed by atoms with Gasteiger partial charge in [0.25, 0.3) is 0 Å². The molecule has 0 bridgehead atoms. The summed E-state index contributed by atoms with van der Waals surface area (Å²) >= 11 is 0. The van der Waals surface area contributed by atoms with Crippen molar-refractivity contribution in [2.45, 2.75) is 64.8 Å². The molecule has 8 heteroatoms. The fraction of sp³-hybridized carbons (Fsp3) is 0.696. The van der Waals surface area contributed by atoms with Gasteiger partial charge in [-0.2, -0.15) is 13.2 Å². The lowest BCUT2D eigenvalue weighted by Crippen LogP contribution is -2.62. The molecule has 0 saturated carbocycles. The largest absolute Gasteiger partial charge is 0.465 e. The Kier molecular flexibility index (Phi) is 7.21. The maximum atomic E-state index is 13.7. The van der Waals surface area contributed by atoms with Crippen LogP contribution in [0.15, 0.2) is 24.3 Å². The van der Waals surface area contributed by atoms with E-state index in [-0.39, 0.29) is 35.5 Å². The van der Waals surface area contributed by atoms with Crippen molar-refractivity contribution in [3.8, 4) is 0 Å². The second-order valence-corrected chi connectivity index (χ2v) is 9.81. The molecule has 2 aliphatic heterocycles. The van der Waals surface area contributed by atoms with Gasteiger partial charge < -0.3 is 14.7 Å². The number of hydrogen-bond donors (Lipinski definition) is 1. The van der Waals surface area contributed by atoms with Crippen LogP contribution in [0.25, 0.3) is 0 Å². The van der Waals surface area contributed by atoms with E-state index in [1.807, 2.05) is 20.8 Å².